The Kier molecular flexibility index (Phi) is 5.82. The number of thiazole rings is 1. The minimum atomic E-state index is 0.178. The van der Waals surface area contributed by atoms with Crippen molar-refractivity contribution in [2.75, 3.05) is 18.8 Å². The molecule has 21 heavy (non-hydrogen) atoms. The van der Waals surface area contributed by atoms with Gasteiger partial charge in [-0.2, -0.15) is 0 Å². The third-order valence-electron chi connectivity index (χ3n) is 3.27. The van der Waals surface area contributed by atoms with Crippen LogP contribution in [0, 0.1) is 6.92 Å². The van der Waals surface area contributed by atoms with Gasteiger partial charge in [-0.05, 0) is 20.8 Å². The molecule has 1 heterocycles. The Morgan fingerprint density at radius 1 is 1.24 bits per heavy atom. The first-order valence-electron chi connectivity index (χ1n) is 7.07. The van der Waals surface area contributed by atoms with Crippen LogP contribution in [0.15, 0.2) is 34.0 Å². The molecule has 0 spiro atoms. The van der Waals surface area contributed by atoms with Gasteiger partial charge < -0.3 is 4.90 Å². The van der Waals surface area contributed by atoms with Gasteiger partial charge >= 0.3 is 0 Å². The SMILES string of the molecule is CCN(CC)C(=O)CSc1nc(-c2ccc(C)cc2)cs1. The smallest absolute Gasteiger partial charge is 0.232 e. The quantitative estimate of drug-likeness (QED) is 0.752. The fourth-order valence-corrected chi connectivity index (χ4v) is 3.71. The van der Waals surface area contributed by atoms with Crippen LogP contribution >= 0.6 is 23.1 Å². The number of rotatable bonds is 6. The maximum absolute atomic E-state index is 12.0. The van der Waals surface area contributed by atoms with Crippen molar-refractivity contribution in [3.05, 3.63) is 35.2 Å². The maximum atomic E-state index is 12.0. The summed E-state index contributed by atoms with van der Waals surface area (Å²) in [7, 11) is 0. The predicted molar refractivity (Wildman–Crippen MR) is 90.9 cm³/mol. The van der Waals surface area contributed by atoms with Crippen LogP contribution in [0.1, 0.15) is 19.4 Å². The molecule has 1 aromatic carbocycles. The average molecular weight is 320 g/mol. The van der Waals surface area contributed by atoms with Crippen molar-refractivity contribution in [3.63, 3.8) is 0 Å². The lowest BCUT2D eigenvalue weighted by molar-refractivity contribution is -0.127. The van der Waals surface area contributed by atoms with Crippen molar-refractivity contribution in [2.45, 2.75) is 25.1 Å². The van der Waals surface area contributed by atoms with Crippen LogP contribution in [0.25, 0.3) is 11.3 Å². The van der Waals surface area contributed by atoms with Gasteiger partial charge in [0.05, 0.1) is 11.4 Å². The van der Waals surface area contributed by atoms with Gasteiger partial charge in [0.25, 0.3) is 0 Å². The lowest BCUT2D eigenvalue weighted by atomic mass is 10.1. The molecule has 2 rings (SSSR count). The Morgan fingerprint density at radius 2 is 1.90 bits per heavy atom. The highest BCUT2D eigenvalue weighted by molar-refractivity contribution is 8.01. The lowest BCUT2D eigenvalue weighted by Gasteiger charge is -2.17. The number of thioether (sulfide) groups is 1. The van der Waals surface area contributed by atoms with E-state index in [-0.39, 0.29) is 5.91 Å². The fourth-order valence-electron chi connectivity index (χ4n) is 1.97. The van der Waals surface area contributed by atoms with Gasteiger partial charge in [0, 0.05) is 24.0 Å². The van der Waals surface area contributed by atoms with Gasteiger partial charge in [-0.15, -0.1) is 11.3 Å². The molecule has 3 nitrogen and oxygen atoms in total. The number of benzene rings is 1. The fraction of sp³-hybridized carbons (Fsp3) is 0.375. The number of aryl methyl sites for hydroxylation is 1. The first-order chi connectivity index (χ1) is 10.1. The molecule has 0 aliphatic heterocycles. The van der Waals surface area contributed by atoms with E-state index in [0.29, 0.717) is 5.75 Å². The summed E-state index contributed by atoms with van der Waals surface area (Å²) < 4.78 is 0.950. The number of amides is 1. The standard InChI is InChI=1S/C16H20N2OS2/c1-4-18(5-2)15(19)11-21-16-17-14(10-20-16)13-8-6-12(3)7-9-13/h6-10H,4-5,11H2,1-3H3. The molecule has 0 unspecified atom stereocenters. The summed E-state index contributed by atoms with van der Waals surface area (Å²) in [6.07, 6.45) is 0. The largest absolute Gasteiger partial charge is 0.343 e. The summed E-state index contributed by atoms with van der Waals surface area (Å²) >= 11 is 3.12. The molecule has 0 aliphatic rings. The Hall–Kier alpha value is -1.33. The summed E-state index contributed by atoms with van der Waals surface area (Å²) in [5.74, 6) is 0.639. The van der Waals surface area contributed by atoms with Gasteiger partial charge in [-0.1, -0.05) is 41.6 Å². The molecule has 0 atom stereocenters. The van der Waals surface area contributed by atoms with E-state index in [2.05, 4.69) is 41.6 Å². The van der Waals surface area contributed by atoms with E-state index < -0.39 is 0 Å². The minimum Gasteiger partial charge on any atom is -0.343 e. The molecular weight excluding hydrogens is 300 g/mol. The summed E-state index contributed by atoms with van der Waals surface area (Å²) in [5, 5.41) is 2.05. The first-order valence-corrected chi connectivity index (χ1v) is 8.93. The van der Waals surface area contributed by atoms with Crippen molar-refractivity contribution >= 4 is 29.0 Å². The van der Waals surface area contributed by atoms with E-state index in [1.807, 2.05) is 18.7 Å². The van der Waals surface area contributed by atoms with E-state index in [4.69, 9.17) is 0 Å². The van der Waals surface area contributed by atoms with E-state index in [1.54, 1.807) is 11.3 Å². The molecule has 2 aromatic rings. The zero-order valence-corrected chi connectivity index (χ0v) is 14.3. The molecular formula is C16H20N2OS2. The van der Waals surface area contributed by atoms with Crippen molar-refractivity contribution in [1.29, 1.82) is 0 Å². The average Bonchev–Trinajstić information content (AvgIpc) is 2.96. The lowest BCUT2D eigenvalue weighted by Crippen LogP contribution is -2.31. The highest BCUT2D eigenvalue weighted by atomic mass is 32.2. The Morgan fingerprint density at radius 3 is 2.52 bits per heavy atom. The van der Waals surface area contributed by atoms with Crippen LogP contribution in [0.5, 0.6) is 0 Å². The molecule has 0 fully saturated rings. The summed E-state index contributed by atoms with van der Waals surface area (Å²) in [5.41, 5.74) is 3.35. The first kappa shape index (κ1) is 16.0. The zero-order valence-electron chi connectivity index (χ0n) is 12.6. The van der Waals surface area contributed by atoms with Crippen LogP contribution < -0.4 is 0 Å². The third kappa shape index (κ3) is 4.32. The molecule has 0 saturated heterocycles. The molecule has 1 aromatic heterocycles. The molecule has 1 amide bonds. The topological polar surface area (TPSA) is 33.2 Å². The predicted octanol–water partition coefficient (Wildman–Crippen LogP) is 4.08. The van der Waals surface area contributed by atoms with Crippen molar-refractivity contribution in [1.82, 2.24) is 9.88 Å². The van der Waals surface area contributed by atoms with E-state index in [9.17, 15) is 4.79 Å². The van der Waals surface area contributed by atoms with Crippen LogP contribution in [0.4, 0.5) is 0 Å². The second-order valence-electron chi connectivity index (χ2n) is 4.72. The second-order valence-corrected chi connectivity index (χ2v) is 6.80. The number of hydrogen-bond donors (Lipinski definition) is 0. The summed E-state index contributed by atoms with van der Waals surface area (Å²) in [6, 6.07) is 8.34. The van der Waals surface area contributed by atoms with E-state index in [1.165, 1.54) is 17.3 Å². The Labute approximate surface area is 134 Å². The normalized spacial score (nSPS) is 10.6. The molecule has 0 radical (unpaired) electrons. The van der Waals surface area contributed by atoms with Crippen LogP contribution in [0.2, 0.25) is 0 Å². The van der Waals surface area contributed by atoms with Gasteiger partial charge in [0.15, 0.2) is 4.34 Å². The third-order valence-corrected chi connectivity index (χ3v) is 5.27. The van der Waals surface area contributed by atoms with Gasteiger partial charge in [0.2, 0.25) is 5.91 Å². The van der Waals surface area contributed by atoms with Crippen LogP contribution in [0.3, 0.4) is 0 Å². The van der Waals surface area contributed by atoms with E-state index in [0.717, 1.165) is 28.7 Å². The van der Waals surface area contributed by atoms with Crippen molar-refractivity contribution in [3.8, 4) is 11.3 Å². The Balaban J connectivity index is 1.97. The molecule has 5 heteroatoms. The second kappa shape index (κ2) is 7.61. The highest BCUT2D eigenvalue weighted by Gasteiger charge is 2.12. The number of nitrogens with zero attached hydrogens (tertiary/aromatic N) is 2. The van der Waals surface area contributed by atoms with Crippen molar-refractivity contribution < 1.29 is 4.79 Å². The molecule has 0 bridgehead atoms. The number of hydrogen-bond acceptors (Lipinski definition) is 4. The molecule has 0 aliphatic carbocycles. The Bertz CT molecular complexity index is 589. The number of carbonyl (C=O) groups excluding carboxylic acids is 1. The molecule has 112 valence electrons. The maximum Gasteiger partial charge on any atom is 0.232 e. The summed E-state index contributed by atoms with van der Waals surface area (Å²) in [6.45, 7) is 7.62. The highest BCUT2D eigenvalue weighted by Crippen LogP contribution is 2.28. The van der Waals surface area contributed by atoms with E-state index >= 15 is 0 Å². The summed E-state index contributed by atoms with van der Waals surface area (Å²) in [4.78, 5) is 18.4. The number of aromatic nitrogens is 1. The van der Waals surface area contributed by atoms with Gasteiger partial charge in [0.1, 0.15) is 0 Å². The van der Waals surface area contributed by atoms with Gasteiger partial charge in [-0.3, -0.25) is 4.79 Å². The van der Waals surface area contributed by atoms with Crippen molar-refractivity contribution in [2.24, 2.45) is 0 Å². The van der Waals surface area contributed by atoms with Gasteiger partial charge in [-0.25, -0.2) is 4.98 Å². The molecule has 0 saturated carbocycles. The van der Waals surface area contributed by atoms with Crippen LogP contribution in [-0.2, 0) is 4.79 Å². The zero-order chi connectivity index (χ0) is 15.2. The monoisotopic (exact) mass is 320 g/mol. The minimum absolute atomic E-state index is 0.178. The number of carbonyl (C=O) groups is 1. The molecule has 0 N–H and O–H groups in total. The van der Waals surface area contributed by atoms with Crippen LogP contribution in [-0.4, -0.2) is 34.6 Å².